The Kier molecular flexibility index (Phi) is 1.31. The van der Waals surface area contributed by atoms with E-state index in [1.165, 1.54) is 6.20 Å². The van der Waals surface area contributed by atoms with E-state index in [9.17, 15) is 0 Å². The maximum atomic E-state index is 8.71. The predicted molar refractivity (Wildman–Crippen MR) is 42.4 cm³/mol. The van der Waals surface area contributed by atoms with Gasteiger partial charge in [-0.2, -0.15) is 5.26 Å². The fourth-order valence-corrected chi connectivity index (χ4v) is 1.12. The smallest absolute Gasteiger partial charge is 0.156 e. The van der Waals surface area contributed by atoms with E-state index in [-0.39, 0.29) is 0 Å². The fraction of sp³-hybridized carbons (Fsp3) is 0.125. The SMILES string of the molecule is Cc1cn2c(C#N)cncc2n1. The zero-order valence-corrected chi connectivity index (χ0v) is 6.52. The van der Waals surface area contributed by atoms with Crippen LogP contribution in [0.5, 0.6) is 0 Å². The van der Waals surface area contributed by atoms with Crippen LogP contribution in [0.3, 0.4) is 0 Å². The fourth-order valence-electron chi connectivity index (χ4n) is 1.12. The molecule has 0 amide bonds. The van der Waals surface area contributed by atoms with E-state index < -0.39 is 0 Å². The van der Waals surface area contributed by atoms with Gasteiger partial charge in [0.25, 0.3) is 0 Å². The summed E-state index contributed by atoms with van der Waals surface area (Å²) in [5.41, 5.74) is 2.11. The Balaban J connectivity index is 2.89. The Hall–Kier alpha value is -1.89. The van der Waals surface area contributed by atoms with Gasteiger partial charge in [-0.25, -0.2) is 4.98 Å². The lowest BCUT2D eigenvalue weighted by molar-refractivity contribution is 1.09. The highest BCUT2D eigenvalue weighted by Gasteiger charge is 2.01. The minimum Gasteiger partial charge on any atom is -0.288 e. The molecule has 0 radical (unpaired) electrons. The molecule has 0 aliphatic carbocycles. The third kappa shape index (κ3) is 0.839. The van der Waals surface area contributed by atoms with E-state index in [4.69, 9.17) is 5.26 Å². The van der Waals surface area contributed by atoms with Crippen LogP contribution < -0.4 is 0 Å². The Morgan fingerprint density at radius 3 is 3.08 bits per heavy atom. The number of imidazole rings is 1. The van der Waals surface area contributed by atoms with Crippen LogP contribution >= 0.6 is 0 Å². The van der Waals surface area contributed by atoms with Crippen LogP contribution in [0.4, 0.5) is 0 Å². The van der Waals surface area contributed by atoms with E-state index in [0.29, 0.717) is 11.3 Å². The van der Waals surface area contributed by atoms with Gasteiger partial charge in [-0.1, -0.05) is 0 Å². The largest absolute Gasteiger partial charge is 0.288 e. The van der Waals surface area contributed by atoms with E-state index in [1.807, 2.05) is 19.2 Å². The molecule has 2 aromatic heterocycles. The Labute approximate surface area is 69.1 Å². The summed E-state index contributed by atoms with van der Waals surface area (Å²) >= 11 is 0. The van der Waals surface area contributed by atoms with Crippen molar-refractivity contribution in [3.63, 3.8) is 0 Å². The summed E-state index contributed by atoms with van der Waals surface area (Å²) in [7, 11) is 0. The lowest BCUT2D eigenvalue weighted by atomic mass is 10.5. The average Bonchev–Trinajstić information content (AvgIpc) is 2.44. The first-order chi connectivity index (χ1) is 5.81. The number of fused-ring (bicyclic) bond motifs is 1. The van der Waals surface area contributed by atoms with Crippen molar-refractivity contribution in [3.8, 4) is 6.07 Å². The molecule has 4 nitrogen and oxygen atoms in total. The molecular formula is C8H6N4. The van der Waals surface area contributed by atoms with Gasteiger partial charge in [0, 0.05) is 6.20 Å². The van der Waals surface area contributed by atoms with Gasteiger partial charge in [-0.05, 0) is 6.92 Å². The number of hydrogen-bond acceptors (Lipinski definition) is 3. The zero-order chi connectivity index (χ0) is 8.55. The van der Waals surface area contributed by atoms with Crippen molar-refractivity contribution < 1.29 is 0 Å². The molecule has 0 spiro atoms. The monoisotopic (exact) mass is 158 g/mol. The molecule has 0 aliphatic heterocycles. The molecule has 0 aromatic carbocycles. The van der Waals surface area contributed by atoms with Crippen LogP contribution in [0.2, 0.25) is 0 Å². The molecule has 0 saturated carbocycles. The van der Waals surface area contributed by atoms with Gasteiger partial charge in [0.2, 0.25) is 0 Å². The number of aromatic nitrogens is 3. The van der Waals surface area contributed by atoms with Gasteiger partial charge in [0.05, 0.1) is 18.1 Å². The van der Waals surface area contributed by atoms with Crippen LogP contribution in [0, 0.1) is 18.3 Å². The summed E-state index contributed by atoms with van der Waals surface area (Å²) in [5, 5.41) is 8.71. The Morgan fingerprint density at radius 1 is 1.50 bits per heavy atom. The predicted octanol–water partition coefficient (Wildman–Crippen LogP) is 0.909. The molecule has 58 valence electrons. The second-order valence-electron chi connectivity index (χ2n) is 2.51. The summed E-state index contributed by atoms with van der Waals surface area (Å²) in [4.78, 5) is 8.06. The highest BCUT2D eigenvalue weighted by Crippen LogP contribution is 2.04. The van der Waals surface area contributed by atoms with Crippen molar-refractivity contribution >= 4 is 5.65 Å². The van der Waals surface area contributed by atoms with Gasteiger partial charge in [0.15, 0.2) is 5.65 Å². The molecule has 2 aromatic rings. The summed E-state index contributed by atoms with van der Waals surface area (Å²) in [6.45, 7) is 1.88. The highest BCUT2D eigenvalue weighted by atomic mass is 15.0. The minimum atomic E-state index is 0.508. The highest BCUT2D eigenvalue weighted by molar-refractivity contribution is 5.41. The van der Waals surface area contributed by atoms with Gasteiger partial charge < -0.3 is 0 Å². The lowest BCUT2D eigenvalue weighted by Crippen LogP contribution is -1.91. The lowest BCUT2D eigenvalue weighted by Gasteiger charge is -1.92. The summed E-state index contributed by atoms with van der Waals surface area (Å²) in [5.74, 6) is 0. The first-order valence-electron chi connectivity index (χ1n) is 3.51. The molecule has 0 bridgehead atoms. The van der Waals surface area contributed by atoms with Crippen LogP contribution in [0.25, 0.3) is 5.65 Å². The van der Waals surface area contributed by atoms with Gasteiger partial charge >= 0.3 is 0 Å². The van der Waals surface area contributed by atoms with Crippen molar-refractivity contribution in [1.29, 1.82) is 5.26 Å². The summed E-state index contributed by atoms with van der Waals surface area (Å²) in [6, 6.07) is 2.04. The van der Waals surface area contributed by atoms with Crippen molar-refractivity contribution in [1.82, 2.24) is 14.4 Å². The minimum absolute atomic E-state index is 0.508. The van der Waals surface area contributed by atoms with Crippen molar-refractivity contribution in [2.45, 2.75) is 6.92 Å². The molecule has 0 N–H and O–H groups in total. The van der Waals surface area contributed by atoms with E-state index in [0.717, 1.165) is 5.69 Å². The Bertz CT molecular complexity index is 463. The molecule has 4 heteroatoms. The van der Waals surface area contributed by atoms with Crippen molar-refractivity contribution in [2.75, 3.05) is 0 Å². The molecule has 0 fully saturated rings. The van der Waals surface area contributed by atoms with Crippen LogP contribution in [0.1, 0.15) is 11.4 Å². The molecule has 2 heterocycles. The molecular weight excluding hydrogens is 152 g/mol. The number of aryl methyl sites for hydroxylation is 1. The standard InChI is InChI=1S/C8H6N4/c1-6-5-12-7(2-9)3-10-4-8(12)11-6/h3-5H,1H3. The molecule has 12 heavy (non-hydrogen) atoms. The maximum Gasteiger partial charge on any atom is 0.156 e. The molecule has 0 unspecified atom stereocenters. The van der Waals surface area contributed by atoms with E-state index >= 15 is 0 Å². The number of rotatable bonds is 0. The second kappa shape index (κ2) is 2.31. The Morgan fingerprint density at radius 2 is 2.33 bits per heavy atom. The topological polar surface area (TPSA) is 54.0 Å². The summed E-state index contributed by atoms with van der Waals surface area (Å²) in [6.07, 6.45) is 4.97. The van der Waals surface area contributed by atoms with E-state index in [1.54, 1.807) is 10.6 Å². The second-order valence-corrected chi connectivity index (χ2v) is 2.51. The average molecular weight is 158 g/mol. The molecule has 2 rings (SSSR count). The van der Waals surface area contributed by atoms with E-state index in [2.05, 4.69) is 9.97 Å². The quantitative estimate of drug-likeness (QED) is 0.572. The number of hydrogen-bond donors (Lipinski definition) is 0. The van der Waals surface area contributed by atoms with Crippen LogP contribution in [-0.2, 0) is 0 Å². The molecule has 0 aliphatic rings. The first kappa shape index (κ1) is 6.80. The van der Waals surface area contributed by atoms with Crippen molar-refractivity contribution in [3.05, 3.63) is 30.0 Å². The van der Waals surface area contributed by atoms with Gasteiger partial charge in [-0.15, -0.1) is 0 Å². The zero-order valence-electron chi connectivity index (χ0n) is 6.52. The normalized spacial score (nSPS) is 10.0. The molecule has 0 saturated heterocycles. The molecule has 0 atom stereocenters. The van der Waals surface area contributed by atoms with Crippen molar-refractivity contribution in [2.24, 2.45) is 0 Å². The third-order valence-electron chi connectivity index (χ3n) is 1.61. The van der Waals surface area contributed by atoms with Crippen LogP contribution in [-0.4, -0.2) is 14.4 Å². The number of nitrogens with zero attached hydrogens (tertiary/aromatic N) is 4. The summed E-state index contributed by atoms with van der Waals surface area (Å²) < 4.78 is 1.72. The first-order valence-corrected chi connectivity index (χ1v) is 3.51. The third-order valence-corrected chi connectivity index (χ3v) is 1.61. The van der Waals surface area contributed by atoms with Gasteiger partial charge in [0.1, 0.15) is 11.8 Å². The van der Waals surface area contributed by atoms with Gasteiger partial charge in [-0.3, -0.25) is 9.38 Å². The number of nitriles is 1. The van der Waals surface area contributed by atoms with Crippen LogP contribution in [0.15, 0.2) is 18.6 Å². The maximum absolute atomic E-state index is 8.71.